The summed E-state index contributed by atoms with van der Waals surface area (Å²) in [6, 6.07) is 0. The summed E-state index contributed by atoms with van der Waals surface area (Å²) >= 11 is 1.19. The third kappa shape index (κ3) is 3.02. The molecule has 0 aromatic carbocycles. The number of thiazole rings is 1. The number of aryl methyl sites for hydroxylation is 1. The molecule has 2 aromatic heterocycles. The number of nitrogens with one attached hydrogen (secondary N) is 1. The minimum Gasteiger partial charge on any atom is -0.476 e. The Kier molecular flexibility index (Phi) is 4.00. The molecule has 0 saturated heterocycles. The van der Waals surface area contributed by atoms with Crippen molar-refractivity contribution in [2.45, 2.75) is 19.9 Å². The largest absolute Gasteiger partial charge is 0.476 e. The number of carboxylic acids is 1. The van der Waals surface area contributed by atoms with E-state index in [1.54, 1.807) is 6.92 Å². The standard InChI is InChI=1S/C11H11FN4O2S/c1-2-6-9(12)10(15-5-14-6)13-3-8-16-7(4-19-8)11(17)18/h4-5H,2-3H2,1H3,(H,17,18)(H,13,14,15). The first-order valence-electron chi connectivity index (χ1n) is 5.52. The molecule has 0 fully saturated rings. The molecule has 100 valence electrons. The lowest BCUT2D eigenvalue weighted by Gasteiger charge is -2.06. The highest BCUT2D eigenvalue weighted by Crippen LogP contribution is 2.16. The van der Waals surface area contributed by atoms with Gasteiger partial charge >= 0.3 is 5.97 Å². The molecule has 0 aliphatic carbocycles. The van der Waals surface area contributed by atoms with Crippen molar-refractivity contribution in [3.05, 3.63) is 33.9 Å². The molecule has 0 radical (unpaired) electrons. The van der Waals surface area contributed by atoms with Crippen LogP contribution in [-0.2, 0) is 13.0 Å². The normalized spacial score (nSPS) is 10.4. The van der Waals surface area contributed by atoms with E-state index in [-0.39, 0.29) is 18.1 Å². The molecule has 0 aliphatic rings. The average molecular weight is 282 g/mol. The molecule has 19 heavy (non-hydrogen) atoms. The molecular weight excluding hydrogens is 271 g/mol. The van der Waals surface area contributed by atoms with Crippen LogP contribution in [0.4, 0.5) is 10.2 Å². The summed E-state index contributed by atoms with van der Waals surface area (Å²) in [6.07, 6.45) is 1.76. The van der Waals surface area contributed by atoms with Gasteiger partial charge in [-0.1, -0.05) is 6.92 Å². The molecule has 0 bridgehead atoms. The molecule has 0 saturated carbocycles. The second kappa shape index (κ2) is 5.70. The van der Waals surface area contributed by atoms with Gasteiger partial charge < -0.3 is 10.4 Å². The number of hydrogen-bond donors (Lipinski definition) is 2. The van der Waals surface area contributed by atoms with Gasteiger partial charge in [0.15, 0.2) is 17.3 Å². The van der Waals surface area contributed by atoms with Crippen LogP contribution in [0.5, 0.6) is 0 Å². The predicted molar refractivity (Wildman–Crippen MR) is 67.8 cm³/mol. The van der Waals surface area contributed by atoms with E-state index in [0.29, 0.717) is 17.1 Å². The molecule has 0 spiro atoms. The van der Waals surface area contributed by atoms with Crippen molar-refractivity contribution < 1.29 is 14.3 Å². The zero-order chi connectivity index (χ0) is 13.8. The Balaban J connectivity index is 2.08. The molecule has 0 amide bonds. The number of halogens is 1. The van der Waals surface area contributed by atoms with Crippen molar-refractivity contribution >= 4 is 23.1 Å². The van der Waals surface area contributed by atoms with Gasteiger partial charge in [0.05, 0.1) is 12.2 Å². The molecule has 0 atom stereocenters. The number of carboxylic acid groups (broad SMARTS) is 1. The molecule has 0 unspecified atom stereocenters. The van der Waals surface area contributed by atoms with Gasteiger partial charge in [-0.05, 0) is 6.42 Å². The van der Waals surface area contributed by atoms with E-state index in [1.165, 1.54) is 23.0 Å². The number of hydrogen-bond acceptors (Lipinski definition) is 6. The third-order valence-electron chi connectivity index (χ3n) is 2.37. The predicted octanol–water partition coefficient (Wildman–Crippen LogP) is 1.94. The van der Waals surface area contributed by atoms with Crippen LogP contribution in [0.25, 0.3) is 0 Å². The number of nitrogens with zero attached hydrogens (tertiary/aromatic N) is 3. The van der Waals surface area contributed by atoms with E-state index in [9.17, 15) is 9.18 Å². The smallest absolute Gasteiger partial charge is 0.355 e. The molecule has 2 aromatic rings. The van der Waals surface area contributed by atoms with Crippen LogP contribution >= 0.6 is 11.3 Å². The first-order chi connectivity index (χ1) is 9.11. The second-order valence-electron chi connectivity index (χ2n) is 3.62. The molecular formula is C11H11FN4O2S. The Morgan fingerprint density at radius 2 is 2.32 bits per heavy atom. The Hall–Kier alpha value is -2.09. The Morgan fingerprint density at radius 3 is 2.95 bits per heavy atom. The molecule has 2 rings (SSSR count). The van der Waals surface area contributed by atoms with Crippen molar-refractivity contribution in [2.75, 3.05) is 5.32 Å². The maximum atomic E-state index is 13.8. The minimum atomic E-state index is -1.08. The van der Waals surface area contributed by atoms with Gasteiger partial charge in [0, 0.05) is 5.38 Å². The zero-order valence-corrected chi connectivity index (χ0v) is 10.9. The Bertz CT molecular complexity index is 602. The summed E-state index contributed by atoms with van der Waals surface area (Å²) in [5.74, 6) is -1.47. The van der Waals surface area contributed by atoms with Crippen LogP contribution in [0.15, 0.2) is 11.7 Å². The fraction of sp³-hybridized carbons (Fsp3) is 0.273. The lowest BCUT2D eigenvalue weighted by Crippen LogP contribution is -2.07. The maximum Gasteiger partial charge on any atom is 0.355 e. The second-order valence-corrected chi connectivity index (χ2v) is 4.56. The van der Waals surface area contributed by atoms with Crippen LogP contribution < -0.4 is 5.32 Å². The molecule has 8 heteroatoms. The quantitative estimate of drug-likeness (QED) is 0.871. The molecule has 2 N–H and O–H groups in total. The highest BCUT2D eigenvalue weighted by atomic mass is 32.1. The van der Waals surface area contributed by atoms with Crippen molar-refractivity contribution in [1.29, 1.82) is 0 Å². The SMILES string of the molecule is CCc1ncnc(NCc2nc(C(=O)O)cs2)c1F. The number of aromatic nitrogens is 3. The first-order valence-corrected chi connectivity index (χ1v) is 6.40. The van der Waals surface area contributed by atoms with Gasteiger partial charge in [-0.3, -0.25) is 0 Å². The lowest BCUT2D eigenvalue weighted by molar-refractivity contribution is 0.0691. The fourth-order valence-corrected chi connectivity index (χ4v) is 2.13. The highest BCUT2D eigenvalue weighted by molar-refractivity contribution is 7.09. The zero-order valence-electron chi connectivity index (χ0n) is 10.1. The van der Waals surface area contributed by atoms with Gasteiger partial charge in [-0.15, -0.1) is 11.3 Å². The van der Waals surface area contributed by atoms with Crippen LogP contribution in [-0.4, -0.2) is 26.0 Å². The summed E-state index contributed by atoms with van der Waals surface area (Å²) in [4.78, 5) is 22.2. The van der Waals surface area contributed by atoms with E-state index in [2.05, 4.69) is 20.3 Å². The van der Waals surface area contributed by atoms with Crippen LogP contribution in [0.2, 0.25) is 0 Å². The summed E-state index contributed by atoms with van der Waals surface area (Å²) in [5, 5.41) is 13.5. The number of rotatable bonds is 5. The van der Waals surface area contributed by atoms with E-state index in [1.807, 2.05) is 0 Å². The number of anilines is 1. The van der Waals surface area contributed by atoms with Crippen LogP contribution in [0, 0.1) is 5.82 Å². The monoisotopic (exact) mass is 282 g/mol. The van der Waals surface area contributed by atoms with Gasteiger partial charge in [-0.2, -0.15) is 0 Å². The maximum absolute atomic E-state index is 13.8. The minimum absolute atomic E-state index is 0.0146. The van der Waals surface area contributed by atoms with E-state index >= 15 is 0 Å². The average Bonchev–Trinajstić information content (AvgIpc) is 2.86. The van der Waals surface area contributed by atoms with E-state index < -0.39 is 11.8 Å². The van der Waals surface area contributed by atoms with Crippen molar-refractivity contribution in [1.82, 2.24) is 15.0 Å². The summed E-state index contributed by atoms with van der Waals surface area (Å²) in [6.45, 7) is 2.02. The van der Waals surface area contributed by atoms with Crippen molar-refractivity contribution in [3.8, 4) is 0 Å². The molecule has 2 heterocycles. The van der Waals surface area contributed by atoms with Crippen LogP contribution in [0.3, 0.4) is 0 Å². The van der Waals surface area contributed by atoms with Gasteiger partial charge in [0.1, 0.15) is 11.3 Å². The Morgan fingerprint density at radius 1 is 1.53 bits per heavy atom. The van der Waals surface area contributed by atoms with Gasteiger partial charge in [-0.25, -0.2) is 24.1 Å². The lowest BCUT2D eigenvalue weighted by atomic mass is 10.3. The van der Waals surface area contributed by atoms with E-state index in [4.69, 9.17) is 5.11 Å². The van der Waals surface area contributed by atoms with Gasteiger partial charge in [0.2, 0.25) is 0 Å². The summed E-state index contributed by atoms with van der Waals surface area (Å²) in [5.41, 5.74) is 0.321. The fourth-order valence-electron chi connectivity index (χ4n) is 1.43. The van der Waals surface area contributed by atoms with Gasteiger partial charge in [0.25, 0.3) is 0 Å². The molecule has 0 aliphatic heterocycles. The number of carbonyl (C=O) groups is 1. The van der Waals surface area contributed by atoms with Crippen LogP contribution in [0.1, 0.15) is 28.1 Å². The third-order valence-corrected chi connectivity index (χ3v) is 3.22. The van der Waals surface area contributed by atoms with Crippen molar-refractivity contribution in [2.24, 2.45) is 0 Å². The topological polar surface area (TPSA) is 88.0 Å². The summed E-state index contributed by atoms with van der Waals surface area (Å²) < 4.78 is 13.8. The van der Waals surface area contributed by atoms with E-state index in [0.717, 1.165) is 0 Å². The Labute approximate surface area is 112 Å². The highest BCUT2D eigenvalue weighted by Gasteiger charge is 2.11. The summed E-state index contributed by atoms with van der Waals surface area (Å²) in [7, 11) is 0. The number of aromatic carboxylic acids is 1. The molecule has 6 nitrogen and oxygen atoms in total. The first kappa shape index (κ1) is 13.3. The van der Waals surface area contributed by atoms with Crippen molar-refractivity contribution in [3.63, 3.8) is 0 Å².